The van der Waals surface area contributed by atoms with E-state index >= 15 is 0 Å². The molecule has 0 aliphatic heterocycles. The number of rotatable bonds is 5. The van der Waals surface area contributed by atoms with Crippen LogP contribution in [0.25, 0.3) is 5.69 Å². The Kier molecular flexibility index (Phi) is 5.86. The van der Waals surface area contributed by atoms with Gasteiger partial charge in [-0.2, -0.15) is 0 Å². The number of carbonyl (C=O) groups is 1. The highest BCUT2D eigenvalue weighted by Gasteiger charge is 2.13. The Hall–Kier alpha value is -2.02. The summed E-state index contributed by atoms with van der Waals surface area (Å²) >= 11 is 13.3. The first-order chi connectivity index (χ1) is 12.4. The quantitative estimate of drug-likeness (QED) is 0.610. The van der Waals surface area contributed by atoms with E-state index in [0.29, 0.717) is 20.9 Å². The van der Waals surface area contributed by atoms with Gasteiger partial charge in [0.2, 0.25) is 5.91 Å². The minimum absolute atomic E-state index is 0.141. The summed E-state index contributed by atoms with van der Waals surface area (Å²) in [5, 5.41) is 13.0. The molecule has 1 aromatic heterocycles. The number of amides is 1. The van der Waals surface area contributed by atoms with Crippen LogP contribution in [-0.2, 0) is 4.79 Å². The summed E-state index contributed by atoms with van der Waals surface area (Å²) in [6.07, 6.45) is 0. The Morgan fingerprint density at radius 2 is 1.85 bits per heavy atom. The van der Waals surface area contributed by atoms with Crippen molar-refractivity contribution < 1.29 is 4.79 Å². The highest BCUT2D eigenvalue weighted by molar-refractivity contribution is 7.99. The lowest BCUT2D eigenvalue weighted by molar-refractivity contribution is -0.113. The maximum atomic E-state index is 12.2. The number of nitrogens with one attached hydrogen (secondary N) is 1. The van der Waals surface area contributed by atoms with Crippen molar-refractivity contribution in [1.82, 2.24) is 14.8 Å². The van der Waals surface area contributed by atoms with Crippen LogP contribution in [0, 0.1) is 13.8 Å². The van der Waals surface area contributed by atoms with E-state index in [1.54, 1.807) is 18.2 Å². The third kappa shape index (κ3) is 4.38. The summed E-state index contributed by atoms with van der Waals surface area (Å²) in [4.78, 5) is 12.2. The van der Waals surface area contributed by atoms with Crippen LogP contribution in [0.3, 0.4) is 0 Å². The fourth-order valence-corrected chi connectivity index (χ4v) is 3.43. The van der Waals surface area contributed by atoms with Crippen molar-refractivity contribution in [3.05, 3.63) is 63.9 Å². The summed E-state index contributed by atoms with van der Waals surface area (Å²) in [7, 11) is 0. The molecule has 1 heterocycles. The number of hydrogen-bond acceptors (Lipinski definition) is 4. The molecule has 0 spiro atoms. The first-order valence-corrected chi connectivity index (χ1v) is 9.55. The van der Waals surface area contributed by atoms with E-state index in [-0.39, 0.29) is 11.7 Å². The Morgan fingerprint density at radius 3 is 2.54 bits per heavy atom. The second-order valence-corrected chi connectivity index (χ2v) is 7.43. The smallest absolute Gasteiger partial charge is 0.234 e. The summed E-state index contributed by atoms with van der Waals surface area (Å²) < 4.78 is 1.89. The van der Waals surface area contributed by atoms with Gasteiger partial charge in [-0.05, 0) is 55.8 Å². The molecule has 0 fully saturated rings. The van der Waals surface area contributed by atoms with Crippen molar-refractivity contribution in [2.75, 3.05) is 11.1 Å². The van der Waals surface area contributed by atoms with Crippen molar-refractivity contribution in [3.63, 3.8) is 0 Å². The van der Waals surface area contributed by atoms with Crippen molar-refractivity contribution >= 4 is 46.6 Å². The molecular formula is C18H16Cl2N4OS. The molecule has 0 saturated carbocycles. The monoisotopic (exact) mass is 406 g/mol. The minimum atomic E-state index is -0.141. The molecule has 0 aliphatic rings. The van der Waals surface area contributed by atoms with Crippen LogP contribution in [0.5, 0.6) is 0 Å². The number of aromatic nitrogens is 3. The topological polar surface area (TPSA) is 59.8 Å². The zero-order valence-corrected chi connectivity index (χ0v) is 16.5. The molecule has 1 N–H and O–H groups in total. The maximum Gasteiger partial charge on any atom is 0.234 e. The lowest BCUT2D eigenvalue weighted by Gasteiger charge is -2.09. The van der Waals surface area contributed by atoms with Gasteiger partial charge in [-0.1, -0.05) is 41.0 Å². The average molecular weight is 407 g/mol. The van der Waals surface area contributed by atoms with Crippen molar-refractivity contribution in [2.45, 2.75) is 19.0 Å². The lowest BCUT2D eigenvalue weighted by atomic mass is 10.2. The largest absolute Gasteiger partial charge is 0.325 e. The van der Waals surface area contributed by atoms with Crippen LogP contribution < -0.4 is 5.32 Å². The molecule has 2 aromatic carbocycles. The number of benzene rings is 2. The molecule has 134 valence electrons. The molecule has 8 heteroatoms. The predicted molar refractivity (Wildman–Crippen MR) is 107 cm³/mol. The van der Waals surface area contributed by atoms with E-state index in [1.807, 2.05) is 42.7 Å². The van der Waals surface area contributed by atoms with Gasteiger partial charge in [-0.25, -0.2) is 0 Å². The van der Waals surface area contributed by atoms with Crippen molar-refractivity contribution in [2.24, 2.45) is 0 Å². The van der Waals surface area contributed by atoms with Gasteiger partial charge >= 0.3 is 0 Å². The van der Waals surface area contributed by atoms with E-state index in [0.717, 1.165) is 17.1 Å². The molecule has 0 radical (unpaired) electrons. The van der Waals surface area contributed by atoms with Gasteiger partial charge in [0.25, 0.3) is 0 Å². The lowest BCUT2D eigenvalue weighted by Crippen LogP contribution is -2.14. The number of carbonyl (C=O) groups excluding carboxylic acids is 1. The molecule has 3 aromatic rings. The Balaban J connectivity index is 1.69. The fraction of sp³-hybridized carbons (Fsp3) is 0.167. The second kappa shape index (κ2) is 8.12. The predicted octanol–water partition coefficient (Wildman–Crippen LogP) is 4.92. The molecule has 5 nitrogen and oxygen atoms in total. The van der Waals surface area contributed by atoms with E-state index in [1.165, 1.54) is 11.8 Å². The first kappa shape index (κ1) is 18.8. The van der Waals surface area contributed by atoms with Crippen LogP contribution >= 0.6 is 35.0 Å². The van der Waals surface area contributed by atoms with Gasteiger partial charge in [0.15, 0.2) is 5.16 Å². The van der Waals surface area contributed by atoms with Gasteiger partial charge in [0.05, 0.1) is 5.75 Å². The Labute approximate surface area is 165 Å². The molecule has 0 unspecified atom stereocenters. The molecule has 3 rings (SSSR count). The second-order valence-electron chi connectivity index (χ2n) is 5.64. The van der Waals surface area contributed by atoms with Gasteiger partial charge in [-0.3, -0.25) is 9.36 Å². The molecule has 0 saturated heterocycles. The van der Waals surface area contributed by atoms with Crippen LogP contribution in [0.2, 0.25) is 10.0 Å². The number of aryl methyl sites for hydroxylation is 2. The fourth-order valence-electron chi connectivity index (χ4n) is 2.32. The third-order valence-electron chi connectivity index (χ3n) is 3.67. The number of thioether (sulfide) groups is 1. The highest BCUT2D eigenvalue weighted by atomic mass is 35.5. The summed E-state index contributed by atoms with van der Waals surface area (Å²) in [5.41, 5.74) is 2.53. The Morgan fingerprint density at radius 1 is 1.12 bits per heavy atom. The van der Waals surface area contributed by atoms with Gasteiger partial charge < -0.3 is 5.32 Å². The molecule has 0 aliphatic carbocycles. The van der Waals surface area contributed by atoms with Crippen molar-refractivity contribution in [3.8, 4) is 5.69 Å². The first-order valence-electron chi connectivity index (χ1n) is 7.81. The molecule has 0 atom stereocenters. The molecule has 1 amide bonds. The third-order valence-corrected chi connectivity index (χ3v) is 5.26. The summed E-state index contributed by atoms with van der Waals surface area (Å²) in [5.74, 6) is 0.802. The Bertz CT molecular complexity index is 941. The van der Waals surface area contributed by atoms with Gasteiger partial charge in [-0.15, -0.1) is 10.2 Å². The van der Waals surface area contributed by atoms with E-state index in [9.17, 15) is 4.79 Å². The van der Waals surface area contributed by atoms with Crippen molar-refractivity contribution in [1.29, 1.82) is 0 Å². The highest BCUT2D eigenvalue weighted by Crippen LogP contribution is 2.24. The molecule has 0 bridgehead atoms. The van der Waals surface area contributed by atoms with Gasteiger partial charge in [0.1, 0.15) is 5.82 Å². The number of nitrogens with zero attached hydrogens (tertiary/aromatic N) is 3. The minimum Gasteiger partial charge on any atom is -0.325 e. The van der Waals surface area contributed by atoms with E-state index in [4.69, 9.17) is 23.2 Å². The molecule has 26 heavy (non-hydrogen) atoms. The number of hydrogen-bond donors (Lipinski definition) is 1. The normalized spacial score (nSPS) is 10.8. The zero-order valence-electron chi connectivity index (χ0n) is 14.2. The SMILES string of the molecule is Cc1ccc(NC(=O)CSc2nnc(C)n2-c2ccc(Cl)cc2)cc1Cl. The van der Waals surface area contributed by atoms with Crippen LogP contribution in [-0.4, -0.2) is 26.4 Å². The average Bonchev–Trinajstić information content (AvgIpc) is 2.98. The molecular weight excluding hydrogens is 391 g/mol. The van der Waals surface area contributed by atoms with Gasteiger partial charge in [0, 0.05) is 21.4 Å². The number of anilines is 1. The van der Waals surface area contributed by atoms with Crippen LogP contribution in [0.1, 0.15) is 11.4 Å². The summed E-state index contributed by atoms with van der Waals surface area (Å²) in [6, 6.07) is 12.8. The summed E-state index contributed by atoms with van der Waals surface area (Å²) in [6.45, 7) is 3.77. The standard InChI is InChI=1S/C18H16Cl2N4OS/c1-11-3-6-14(9-16(11)20)21-17(25)10-26-18-23-22-12(2)24(18)15-7-4-13(19)5-8-15/h3-9H,10H2,1-2H3,(H,21,25). The van der Waals surface area contributed by atoms with Crippen LogP contribution in [0.15, 0.2) is 47.6 Å². The van der Waals surface area contributed by atoms with E-state index < -0.39 is 0 Å². The zero-order chi connectivity index (χ0) is 18.7. The number of halogens is 2. The van der Waals surface area contributed by atoms with E-state index in [2.05, 4.69) is 15.5 Å². The maximum absolute atomic E-state index is 12.2. The van der Waals surface area contributed by atoms with Crippen LogP contribution in [0.4, 0.5) is 5.69 Å².